The summed E-state index contributed by atoms with van der Waals surface area (Å²) in [7, 11) is 0. The van der Waals surface area contributed by atoms with Gasteiger partial charge in [-0.1, -0.05) is 36.4 Å². The molecule has 12 aromatic heterocycles. The maximum atomic E-state index is 10.2. The Balaban J connectivity index is -0.0000000658. The third-order valence-electron chi connectivity index (χ3n) is 12.2. The maximum absolute atomic E-state index is 10.2. The summed E-state index contributed by atoms with van der Waals surface area (Å²) in [6, 6.07) is 45.5. The van der Waals surface area contributed by atoms with Gasteiger partial charge in [-0.3, -0.25) is 9.97 Å². The Morgan fingerprint density at radius 1 is 0.178 bits per heavy atom. The largest absolute Gasteiger partial charge is 3.00 e. The molecule has 0 bridgehead atoms. The third-order valence-corrected chi connectivity index (χ3v) is 12.2. The van der Waals surface area contributed by atoms with Crippen LogP contribution >= 0.6 is 0 Å². The van der Waals surface area contributed by atoms with Gasteiger partial charge in [0.05, 0.1) is 140 Å². The molecule has 0 aliphatic rings. The molecule has 0 aliphatic heterocycles. The molecule has 129 heavy (non-hydrogen) atoms. The van der Waals surface area contributed by atoms with Crippen molar-refractivity contribution in [2.45, 2.75) is 0 Å². The predicted octanol–water partition coefficient (Wildman–Crippen LogP) is -24.1. The van der Waals surface area contributed by atoms with Crippen LogP contribution in [0.25, 0.3) is 33.4 Å². The molecule has 705 valence electrons. The number of hydrogen-bond acceptors (Lipinski definition) is 32. The van der Waals surface area contributed by atoms with Crippen molar-refractivity contribution >= 4 is 71.6 Å². The first-order valence-corrected chi connectivity index (χ1v) is 29.6. The van der Waals surface area contributed by atoms with Crippen molar-refractivity contribution in [3.8, 4) is 33.4 Å². The van der Waals surface area contributed by atoms with Gasteiger partial charge >= 0.3 is 116 Å². The molecule has 12 aromatic rings. The molecule has 12 rings (SSSR count). The van der Waals surface area contributed by atoms with E-state index in [4.69, 9.17) is 0 Å². The van der Waals surface area contributed by atoms with Gasteiger partial charge in [0.25, 0.3) is 0 Å². The molecule has 42 N–H and O–H groups in total. The fraction of sp³-hybridized carbons (Fsp3) is 0. The zero-order valence-corrected chi connectivity index (χ0v) is 70.8. The molecule has 0 fully saturated rings. The fourth-order valence-corrected chi connectivity index (χ4v) is 7.38. The minimum absolute atomic E-state index is 0. The zero-order chi connectivity index (χ0) is 79.5. The molecule has 0 unspecified atom stereocenters. The Labute approximate surface area is 815 Å². The molecular formula is C72H84CoEu2N12O42+2. The summed E-state index contributed by atoms with van der Waals surface area (Å²) in [6.07, 6.45) is 22.5. The number of pyridine rings is 12. The number of nitrogens with one attached hydrogen (secondary N) is 4. The minimum atomic E-state index is -1.52. The molecule has 54 nitrogen and oxygen atoms in total. The Hall–Kier alpha value is -13.6. The Morgan fingerprint density at radius 2 is 0.271 bits per heavy atom. The monoisotopic (exact) mass is 2150 g/mol. The van der Waals surface area contributed by atoms with Gasteiger partial charge in [-0.25, -0.2) is 49.8 Å². The average molecular weight is 2150 g/mol. The second-order valence-corrected chi connectivity index (χ2v) is 19.5. The molecule has 0 atom stereocenters. The normalized spacial score (nSPS) is 7.91. The van der Waals surface area contributed by atoms with Crippen LogP contribution in [0.15, 0.2) is 256 Å². The molecule has 0 aromatic carbocycles. The van der Waals surface area contributed by atoms with Crippen LogP contribution < -0.4 is 81.2 Å². The first-order chi connectivity index (χ1) is 51.6. The van der Waals surface area contributed by atoms with Gasteiger partial charge in [-0.15, -0.1) is 0 Å². The number of rotatable bonds is 15. The summed E-state index contributed by atoms with van der Waals surface area (Å²) in [4.78, 5) is 162. The number of carbonyl (C=O) groups excluding carboxylic acids is 12. The number of aromatic carboxylic acids is 12. The number of H-pyrrole nitrogens is 4. The van der Waals surface area contributed by atoms with Crippen LogP contribution in [0.1, 0.15) is 126 Å². The fourth-order valence-electron chi connectivity index (χ4n) is 7.38. The molecule has 0 saturated carbocycles. The van der Waals surface area contributed by atoms with Crippen LogP contribution in [0.3, 0.4) is 0 Å². The van der Waals surface area contributed by atoms with E-state index in [2.05, 4.69) is 84.1 Å². The molecule has 0 saturated heterocycles. The summed E-state index contributed by atoms with van der Waals surface area (Å²) in [5, 5.41) is 122. The number of hydrogen-bond donors (Lipinski definition) is 0. The second-order valence-electron chi connectivity index (χ2n) is 19.5. The SMILES string of the molecule is O.O.O.O.O.O.O.O.O.O.O.O.O.O.O.O.O=C([O-])c1cccc(C(=O)[O-])n1.O=C([O-])c1cccc(C(=O)[O-])n1.O=C([O-])c1cccc(C(=O)[O-])n1.O=C([O-])c1cccc(C(=O)[O-])n1.O=C([O-])c1cccc(C(=O)[O-])n1.O=C([O-])c1cccc(C(=O)[O-])n1.[Co+2].[Eu+3].[Eu+3].[OH3+].[OH3+].c1cc(-c2cc[nH+]cc2)cc[nH+]1.c1cc(-c2cc[nH+]cc2)ccn1.c1cc(-c2cc[nH+]cc2)ccn1. The van der Waals surface area contributed by atoms with Crippen molar-refractivity contribution in [1.29, 1.82) is 0 Å². The van der Waals surface area contributed by atoms with E-state index in [9.17, 15) is 119 Å². The first-order valence-electron chi connectivity index (χ1n) is 29.6. The van der Waals surface area contributed by atoms with Crippen molar-refractivity contribution in [1.82, 2.24) is 39.9 Å². The summed E-state index contributed by atoms with van der Waals surface area (Å²) in [5.41, 5.74) is 2.21. The predicted molar refractivity (Wildman–Crippen MR) is 402 cm³/mol. The van der Waals surface area contributed by atoms with E-state index < -0.39 is 140 Å². The summed E-state index contributed by atoms with van der Waals surface area (Å²) >= 11 is 0. The number of nitrogens with zero attached hydrogens (tertiary/aromatic N) is 8. The van der Waals surface area contributed by atoms with Crippen LogP contribution in [-0.4, -0.2) is 199 Å². The summed E-state index contributed by atoms with van der Waals surface area (Å²) in [6.45, 7) is 0. The molecule has 1 radical (unpaired) electrons. The van der Waals surface area contributed by atoms with Crippen molar-refractivity contribution in [2.75, 3.05) is 0 Å². The van der Waals surface area contributed by atoms with Crippen LogP contribution in [0, 0.1) is 98.8 Å². The van der Waals surface area contributed by atoms with E-state index in [1.165, 1.54) is 69.8 Å². The number of aromatic amines is 4. The van der Waals surface area contributed by atoms with E-state index in [1.54, 1.807) is 24.8 Å². The second kappa shape index (κ2) is 86.5. The molecule has 0 amide bonds. The van der Waals surface area contributed by atoms with Gasteiger partial charge in [0.15, 0.2) is 49.6 Å². The van der Waals surface area contributed by atoms with Crippen molar-refractivity contribution in [2.24, 2.45) is 0 Å². The third kappa shape index (κ3) is 60.6. The molecular weight excluding hydrogens is 2070 g/mol. The van der Waals surface area contributed by atoms with Gasteiger partial charge < -0.3 is 217 Å². The van der Waals surface area contributed by atoms with Crippen LogP contribution in [-0.2, 0) is 27.7 Å². The molecule has 0 spiro atoms. The molecule has 12 heterocycles. The van der Waals surface area contributed by atoms with Crippen molar-refractivity contribution in [3.05, 3.63) is 325 Å². The van der Waals surface area contributed by atoms with Gasteiger partial charge in [-0.2, -0.15) is 0 Å². The summed E-state index contributed by atoms with van der Waals surface area (Å²) in [5.74, 6) is -18.2. The molecule has 57 heteroatoms. The van der Waals surface area contributed by atoms with E-state index in [-0.39, 0.29) is 214 Å². The Bertz CT molecular complexity index is 4110. The number of carboxylic acid groups (broad SMARTS) is 12. The first kappa shape index (κ1) is 159. The quantitative estimate of drug-likeness (QED) is 0.0860. The minimum Gasteiger partial charge on any atom is -0.543 e. The molecule has 0 aliphatic carbocycles. The topological polar surface area (TPSA) is 1210 Å². The van der Waals surface area contributed by atoms with Gasteiger partial charge in [0.2, 0.25) is 0 Å². The summed E-state index contributed by atoms with van der Waals surface area (Å²) < 4.78 is 0. The Kier molecular flexibility index (Phi) is 107. The van der Waals surface area contributed by atoms with E-state index in [0.29, 0.717) is 0 Å². The van der Waals surface area contributed by atoms with Crippen molar-refractivity contribution < 1.29 is 353 Å². The van der Waals surface area contributed by atoms with Crippen LogP contribution in [0.2, 0.25) is 0 Å². The van der Waals surface area contributed by atoms with E-state index >= 15 is 0 Å². The van der Waals surface area contributed by atoms with Crippen LogP contribution in [0.4, 0.5) is 0 Å². The number of carboxylic acids is 12. The van der Waals surface area contributed by atoms with Gasteiger partial charge in [0, 0.05) is 73.3 Å². The number of carbonyl (C=O) groups is 12. The number of aromatic nitrogens is 12. The van der Waals surface area contributed by atoms with Crippen LogP contribution in [0.5, 0.6) is 0 Å². The van der Waals surface area contributed by atoms with Gasteiger partial charge in [-0.05, 0) is 130 Å². The smallest absolute Gasteiger partial charge is 0.543 e. The van der Waals surface area contributed by atoms with E-state index in [1.807, 2.05) is 98.1 Å². The van der Waals surface area contributed by atoms with Gasteiger partial charge in [0.1, 0.15) is 0 Å². The zero-order valence-electron chi connectivity index (χ0n) is 64.9. The Morgan fingerprint density at radius 3 is 0.364 bits per heavy atom. The van der Waals surface area contributed by atoms with Crippen molar-refractivity contribution in [3.63, 3.8) is 0 Å². The average Bonchev–Trinajstić information content (AvgIpc) is 0.893. The standard InChI is InChI=1S/3C10H8N2.6C7H5NO4.Co.2Eu.18H2O/c3*1-5-11-6-2-9(1)10-3-7-12-8-4-10;6*9-6(10)4-2-1-3-5(8-4)7(11)12;;;;;;;;;;;;;;;;;;;;;/h3*1-8H;6*1-3H,(H,9,10)(H,11,12);;;;18*1H2/q;;;;;;;;;+2;2*+3;;;;;;;;;;;;;;;;;;/p-6. The maximum Gasteiger partial charge on any atom is 3.00 e. The van der Waals surface area contributed by atoms with E-state index in [0.717, 1.165) is 72.8 Å².